The highest BCUT2D eigenvalue weighted by Crippen LogP contribution is 2.40. The molecule has 1 atom stereocenters. The van der Waals surface area contributed by atoms with Crippen molar-refractivity contribution in [3.8, 4) is 0 Å². The van der Waals surface area contributed by atoms with Crippen molar-refractivity contribution < 1.29 is 4.79 Å². The van der Waals surface area contributed by atoms with Gasteiger partial charge in [0.15, 0.2) is 0 Å². The zero-order chi connectivity index (χ0) is 18.3. The predicted octanol–water partition coefficient (Wildman–Crippen LogP) is 5.84. The molecular formula is C22H19BrN2O. The van der Waals surface area contributed by atoms with E-state index in [0.717, 1.165) is 27.0 Å². The van der Waals surface area contributed by atoms with Gasteiger partial charge in [-0.05, 0) is 49.2 Å². The Labute approximate surface area is 161 Å². The van der Waals surface area contributed by atoms with Gasteiger partial charge in [0.2, 0.25) is 0 Å². The molecule has 26 heavy (non-hydrogen) atoms. The first-order valence-electron chi connectivity index (χ1n) is 8.57. The molecule has 3 nitrogen and oxygen atoms in total. The van der Waals surface area contributed by atoms with Crippen molar-refractivity contribution in [2.24, 2.45) is 0 Å². The van der Waals surface area contributed by atoms with Gasteiger partial charge in [0, 0.05) is 21.4 Å². The quantitative estimate of drug-likeness (QED) is 0.579. The molecule has 0 bridgehead atoms. The second kappa shape index (κ2) is 6.61. The third-order valence-corrected chi connectivity index (χ3v) is 5.68. The first-order valence-corrected chi connectivity index (χ1v) is 9.37. The molecule has 3 aromatic carbocycles. The van der Waals surface area contributed by atoms with Gasteiger partial charge in [-0.1, -0.05) is 58.4 Å². The normalized spacial score (nSPS) is 16.2. The molecule has 4 heteroatoms. The van der Waals surface area contributed by atoms with Crippen LogP contribution in [0.5, 0.6) is 0 Å². The molecule has 3 aromatic rings. The number of fused-ring (bicyclic) bond motifs is 1. The summed E-state index contributed by atoms with van der Waals surface area (Å²) in [5.41, 5.74) is 5.78. The summed E-state index contributed by atoms with van der Waals surface area (Å²) in [5.74, 6) is 0.00815. The molecule has 0 spiro atoms. The summed E-state index contributed by atoms with van der Waals surface area (Å²) in [4.78, 5) is 15.3. The average Bonchev–Trinajstić information content (AvgIpc) is 2.65. The van der Waals surface area contributed by atoms with Crippen molar-refractivity contribution in [1.82, 2.24) is 0 Å². The Kier molecular flexibility index (Phi) is 4.29. The van der Waals surface area contributed by atoms with Crippen LogP contribution >= 0.6 is 15.9 Å². The van der Waals surface area contributed by atoms with Crippen LogP contribution in [0.4, 0.5) is 11.4 Å². The van der Waals surface area contributed by atoms with Crippen molar-refractivity contribution in [1.29, 1.82) is 0 Å². The number of carbonyl (C=O) groups is 1. The van der Waals surface area contributed by atoms with Crippen LogP contribution in [-0.4, -0.2) is 5.91 Å². The number of rotatable bonds is 2. The smallest absolute Gasteiger partial charge is 0.262 e. The average molecular weight is 407 g/mol. The first kappa shape index (κ1) is 16.9. The highest BCUT2D eigenvalue weighted by molar-refractivity contribution is 9.10. The number of nitrogens with one attached hydrogen (secondary N) is 1. The fraction of sp³-hybridized carbons (Fsp3) is 0.136. The van der Waals surface area contributed by atoms with E-state index < -0.39 is 0 Å². The maximum absolute atomic E-state index is 13.4. The molecule has 0 radical (unpaired) electrons. The van der Waals surface area contributed by atoms with Crippen LogP contribution < -0.4 is 10.2 Å². The number of nitrogens with zero attached hydrogens (tertiary/aromatic N) is 1. The lowest BCUT2D eigenvalue weighted by atomic mass is 10.00. The maximum atomic E-state index is 13.4. The Morgan fingerprint density at radius 2 is 1.65 bits per heavy atom. The van der Waals surface area contributed by atoms with E-state index in [2.05, 4.69) is 41.2 Å². The number of benzene rings is 3. The Balaban J connectivity index is 1.94. The highest BCUT2D eigenvalue weighted by atomic mass is 79.9. The largest absolute Gasteiger partial charge is 0.360 e. The molecular weight excluding hydrogens is 388 g/mol. The lowest BCUT2D eigenvalue weighted by Crippen LogP contribution is -2.43. The Hall–Kier alpha value is -2.59. The van der Waals surface area contributed by atoms with Crippen LogP contribution in [0.1, 0.15) is 33.2 Å². The minimum absolute atomic E-state index is 0.00815. The van der Waals surface area contributed by atoms with E-state index in [9.17, 15) is 4.79 Å². The molecule has 1 aliphatic rings. The van der Waals surface area contributed by atoms with Crippen LogP contribution in [0, 0.1) is 13.8 Å². The Morgan fingerprint density at radius 3 is 2.46 bits per heavy atom. The topological polar surface area (TPSA) is 32.3 Å². The van der Waals surface area contributed by atoms with E-state index in [4.69, 9.17) is 0 Å². The Bertz CT molecular complexity index is 999. The van der Waals surface area contributed by atoms with Crippen LogP contribution in [0.3, 0.4) is 0 Å². The van der Waals surface area contributed by atoms with Crippen LogP contribution in [-0.2, 0) is 0 Å². The van der Waals surface area contributed by atoms with Gasteiger partial charge in [0.1, 0.15) is 6.17 Å². The van der Waals surface area contributed by atoms with Crippen LogP contribution in [0.2, 0.25) is 0 Å². The zero-order valence-corrected chi connectivity index (χ0v) is 16.2. The molecule has 0 saturated heterocycles. The summed E-state index contributed by atoms with van der Waals surface area (Å²) in [7, 11) is 0. The van der Waals surface area contributed by atoms with Gasteiger partial charge >= 0.3 is 0 Å². The number of aryl methyl sites for hydroxylation is 1. The number of halogens is 1. The van der Waals surface area contributed by atoms with Crippen molar-refractivity contribution >= 4 is 33.2 Å². The van der Waals surface area contributed by atoms with Crippen molar-refractivity contribution in [3.63, 3.8) is 0 Å². The summed E-state index contributed by atoms with van der Waals surface area (Å²) < 4.78 is 0.972. The standard InChI is InChI=1S/C22H19BrN2O/c1-14-8-7-13-20(15(14)2)25-21(16-9-3-5-11-18(16)23)24-19-12-6-4-10-17(19)22(25)26/h3-13,21,24H,1-2H3/t21-/m1/s1. The summed E-state index contributed by atoms with van der Waals surface area (Å²) in [5, 5.41) is 3.55. The van der Waals surface area contributed by atoms with Gasteiger partial charge in [0.25, 0.3) is 5.91 Å². The fourth-order valence-corrected chi connectivity index (χ4v) is 3.91. The van der Waals surface area contributed by atoms with E-state index in [-0.39, 0.29) is 12.1 Å². The molecule has 0 aliphatic carbocycles. The van der Waals surface area contributed by atoms with E-state index in [1.807, 2.05) is 65.6 Å². The summed E-state index contributed by atoms with van der Waals surface area (Å²) >= 11 is 3.65. The highest BCUT2D eigenvalue weighted by Gasteiger charge is 2.35. The van der Waals surface area contributed by atoms with Crippen molar-refractivity contribution in [3.05, 3.63) is 93.5 Å². The third kappa shape index (κ3) is 2.71. The maximum Gasteiger partial charge on any atom is 0.262 e. The fourth-order valence-electron chi connectivity index (χ4n) is 3.41. The minimum atomic E-state index is -0.284. The molecule has 0 fully saturated rings. The van der Waals surface area contributed by atoms with Crippen LogP contribution in [0.25, 0.3) is 0 Å². The molecule has 0 saturated carbocycles. The second-order valence-corrected chi connectivity index (χ2v) is 7.36. The van der Waals surface area contributed by atoms with Gasteiger partial charge in [-0.3, -0.25) is 9.69 Å². The summed E-state index contributed by atoms with van der Waals surface area (Å²) in [6, 6.07) is 21.8. The molecule has 1 heterocycles. The molecule has 0 aromatic heterocycles. The van der Waals surface area contributed by atoms with Gasteiger partial charge < -0.3 is 5.32 Å². The molecule has 130 valence electrons. The van der Waals surface area contributed by atoms with Gasteiger partial charge in [-0.2, -0.15) is 0 Å². The number of para-hydroxylation sites is 1. The van der Waals surface area contributed by atoms with E-state index in [0.29, 0.717) is 5.56 Å². The zero-order valence-electron chi connectivity index (χ0n) is 14.7. The lowest BCUT2D eigenvalue weighted by Gasteiger charge is -2.39. The van der Waals surface area contributed by atoms with Crippen molar-refractivity contribution in [2.45, 2.75) is 20.0 Å². The second-order valence-electron chi connectivity index (χ2n) is 6.51. The molecule has 1 N–H and O–H groups in total. The predicted molar refractivity (Wildman–Crippen MR) is 110 cm³/mol. The SMILES string of the molecule is Cc1cccc(N2C(=O)c3ccccc3N[C@H]2c2ccccc2Br)c1C. The van der Waals surface area contributed by atoms with E-state index in [1.54, 1.807) is 0 Å². The van der Waals surface area contributed by atoms with E-state index in [1.165, 1.54) is 5.56 Å². The summed E-state index contributed by atoms with van der Waals surface area (Å²) in [6.07, 6.45) is -0.284. The van der Waals surface area contributed by atoms with Gasteiger partial charge in [-0.25, -0.2) is 0 Å². The Morgan fingerprint density at radius 1 is 0.923 bits per heavy atom. The molecule has 0 unspecified atom stereocenters. The molecule has 4 rings (SSSR count). The number of hydrogen-bond acceptors (Lipinski definition) is 2. The summed E-state index contributed by atoms with van der Waals surface area (Å²) in [6.45, 7) is 4.14. The number of amides is 1. The molecule has 1 aliphatic heterocycles. The third-order valence-electron chi connectivity index (χ3n) is 4.96. The van der Waals surface area contributed by atoms with Crippen LogP contribution in [0.15, 0.2) is 71.2 Å². The first-order chi connectivity index (χ1) is 12.6. The van der Waals surface area contributed by atoms with Crippen molar-refractivity contribution in [2.75, 3.05) is 10.2 Å². The number of hydrogen-bond donors (Lipinski definition) is 1. The van der Waals surface area contributed by atoms with Gasteiger partial charge in [-0.15, -0.1) is 0 Å². The number of anilines is 2. The van der Waals surface area contributed by atoms with E-state index >= 15 is 0 Å². The van der Waals surface area contributed by atoms with Gasteiger partial charge in [0.05, 0.1) is 5.56 Å². The number of carbonyl (C=O) groups excluding carboxylic acids is 1. The monoisotopic (exact) mass is 406 g/mol. The lowest BCUT2D eigenvalue weighted by molar-refractivity contribution is 0.0974. The molecule has 1 amide bonds. The minimum Gasteiger partial charge on any atom is -0.360 e.